The van der Waals surface area contributed by atoms with Crippen LogP contribution in [0.1, 0.15) is 58.3 Å². The van der Waals surface area contributed by atoms with Crippen molar-refractivity contribution < 1.29 is 13.2 Å². The minimum atomic E-state index is -2.89. The minimum Gasteiger partial charge on any atom is -0.300 e. The van der Waals surface area contributed by atoms with Gasteiger partial charge in [0.15, 0.2) is 0 Å². The van der Waals surface area contributed by atoms with Crippen molar-refractivity contribution in [3.05, 3.63) is 0 Å². The SMILES string of the molecule is CCCC(=O)CCC1CCCC(S(C)(=O)=O)C1. The first-order valence-corrected chi connectivity index (χ1v) is 8.59. The largest absolute Gasteiger partial charge is 0.300 e. The van der Waals surface area contributed by atoms with E-state index >= 15 is 0 Å². The van der Waals surface area contributed by atoms with E-state index in [1.165, 1.54) is 6.26 Å². The third-order valence-electron chi connectivity index (χ3n) is 3.70. The van der Waals surface area contributed by atoms with Gasteiger partial charge in [-0.05, 0) is 31.6 Å². The highest BCUT2D eigenvalue weighted by molar-refractivity contribution is 7.91. The Hall–Kier alpha value is -0.380. The van der Waals surface area contributed by atoms with Gasteiger partial charge in [-0.25, -0.2) is 8.42 Å². The molecule has 0 aromatic carbocycles. The first kappa shape index (κ1) is 14.7. The van der Waals surface area contributed by atoms with Crippen LogP contribution in [0.2, 0.25) is 0 Å². The molecule has 1 saturated carbocycles. The predicted molar refractivity (Wildman–Crippen MR) is 69.7 cm³/mol. The van der Waals surface area contributed by atoms with E-state index in [0.717, 1.165) is 38.5 Å². The summed E-state index contributed by atoms with van der Waals surface area (Å²) in [5, 5.41) is -0.164. The summed E-state index contributed by atoms with van der Waals surface area (Å²) in [6.45, 7) is 2.01. The molecule has 17 heavy (non-hydrogen) atoms. The second-order valence-corrected chi connectivity index (χ2v) is 7.64. The molecular formula is C13H24O3S. The van der Waals surface area contributed by atoms with Crippen LogP contribution in [0.5, 0.6) is 0 Å². The van der Waals surface area contributed by atoms with Crippen LogP contribution >= 0.6 is 0 Å². The Morgan fingerprint density at radius 3 is 2.53 bits per heavy atom. The molecule has 4 heteroatoms. The quantitative estimate of drug-likeness (QED) is 0.738. The first-order chi connectivity index (χ1) is 7.93. The zero-order chi connectivity index (χ0) is 12.9. The number of carbonyl (C=O) groups is 1. The van der Waals surface area contributed by atoms with Gasteiger partial charge in [-0.3, -0.25) is 4.79 Å². The molecule has 2 unspecified atom stereocenters. The van der Waals surface area contributed by atoms with E-state index in [1.54, 1.807) is 0 Å². The summed E-state index contributed by atoms with van der Waals surface area (Å²) in [5.41, 5.74) is 0. The van der Waals surface area contributed by atoms with Crippen LogP contribution in [0.25, 0.3) is 0 Å². The average Bonchev–Trinajstić information content (AvgIpc) is 2.26. The molecule has 0 radical (unpaired) electrons. The number of sulfone groups is 1. The Bertz CT molecular complexity index is 346. The number of hydrogen-bond donors (Lipinski definition) is 0. The van der Waals surface area contributed by atoms with Crippen molar-refractivity contribution in [2.45, 2.75) is 63.5 Å². The van der Waals surface area contributed by atoms with Crippen molar-refractivity contribution in [3.63, 3.8) is 0 Å². The van der Waals surface area contributed by atoms with Crippen LogP contribution < -0.4 is 0 Å². The van der Waals surface area contributed by atoms with E-state index in [9.17, 15) is 13.2 Å². The molecule has 1 fully saturated rings. The maximum absolute atomic E-state index is 11.5. The minimum absolute atomic E-state index is 0.164. The summed E-state index contributed by atoms with van der Waals surface area (Å²) in [5.74, 6) is 0.762. The Morgan fingerprint density at radius 2 is 1.94 bits per heavy atom. The maximum Gasteiger partial charge on any atom is 0.150 e. The Labute approximate surface area is 105 Å². The van der Waals surface area contributed by atoms with Gasteiger partial charge in [-0.2, -0.15) is 0 Å². The first-order valence-electron chi connectivity index (χ1n) is 6.64. The van der Waals surface area contributed by atoms with Crippen LogP contribution in [0.4, 0.5) is 0 Å². The fraction of sp³-hybridized carbons (Fsp3) is 0.923. The van der Waals surface area contributed by atoms with Gasteiger partial charge in [-0.1, -0.05) is 19.8 Å². The standard InChI is InChI=1S/C13H24O3S/c1-3-5-12(14)9-8-11-6-4-7-13(10-11)17(2,15)16/h11,13H,3-10H2,1-2H3. The molecule has 0 aromatic rings. The van der Waals surface area contributed by atoms with Crippen molar-refractivity contribution in [2.75, 3.05) is 6.26 Å². The Morgan fingerprint density at radius 1 is 1.24 bits per heavy atom. The molecule has 100 valence electrons. The van der Waals surface area contributed by atoms with E-state index in [2.05, 4.69) is 0 Å². The molecule has 3 nitrogen and oxygen atoms in total. The predicted octanol–water partition coefficient (Wildman–Crippen LogP) is 2.74. The highest BCUT2D eigenvalue weighted by Crippen LogP contribution is 2.31. The highest BCUT2D eigenvalue weighted by atomic mass is 32.2. The molecule has 1 rings (SSSR count). The van der Waals surface area contributed by atoms with Crippen molar-refractivity contribution in [3.8, 4) is 0 Å². The van der Waals surface area contributed by atoms with Crippen LogP contribution in [0.3, 0.4) is 0 Å². The van der Waals surface area contributed by atoms with Gasteiger partial charge in [-0.15, -0.1) is 0 Å². The van der Waals surface area contributed by atoms with Crippen LogP contribution in [0.15, 0.2) is 0 Å². The van der Waals surface area contributed by atoms with E-state index in [1.807, 2.05) is 6.92 Å². The van der Waals surface area contributed by atoms with Gasteiger partial charge in [0, 0.05) is 19.1 Å². The van der Waals surface area contributed by atoms with Crippen molar-refractivity contribution in [2.24, 2.45) is 5.92 Å². The number of ketones is 1. The van der Waals surface area contributed by atoms with E-state index in [4.69, 9.17) is 0 Å². The van der Waals surface area contributed by atoms with E-state index in [0.29, 0.717) is 24.5 Å². The number of carbonyl (C=O) groups excluding carboxylic acids is 1. The Balaban J connectivity index is 2.38. The van der Waals surface area contributed by atoms with Crippen LogP contribution in [0, 0.1) is 5.92 Å². The number of Topliss-reactive ketones (excluding diaryl/α,β-unsaturated/α-hetero) is 1. The number of rotatable bonds is 6. The second-order valence-electron chi connectivity index (χ2n) is 5.31. The van der Waals surface area contributed by atoms with Gasteiger partial charge in [0.05, 0.1) is 5.25 Å². The summed E-state index contributed by atoms with van der Waals surface area (Å²) in [7, 11) is -2.89. The van der Waals surface area contributed by atoms with Crippen molar-refractivity contribution in [1.82, 2.24) is 0 Å². The lowest BCUT2D eigenvalue weighted by Gasteiger charge is -2.27. The van der Waals surface area contributed by atoms with Crippen LogP contribution in [-0.4, -0.2) is 25.7 Å². The van der Waals surface area contributed by atoms with Gasteiger partial charge < -0.3 is 0 Å². The summed E-state index contributed by atoms with van der Waals surface area (Å²) >= 11 is 0. The molecule has 0 spiro atoms. The molecule has 1 aliphatic carbocycles. The molecule has 0 aromatic heterocycles. The Kier molecular flexibility index (Phi) is 5.63. The summed E-state index contributed by atoms with van der Waals surface area (Å²) < 4.78 is 23.0. The number of hydrogen-bond acceptors (Lipinski definition) is 3. The highest BCUT2D eigenvalue weighted by Gasteiger charge is 2.28. The normalized spacial score (nSPS) is 25.8. The summed E-state index contributed by atoms with van der Waals surface area (Å²) in [6.07, 6.45) is 8.08. The molecule has 0 bridgehead atoms. The molecule has 0 saturated heterocycles. The van der Waals surface area contributed by atoms with Gasteiger partial charge in [0.25, 0.3) is 0 Å². The molecule has 2 atom stereocenters. The van der Waals surface area contributed by atoms with Gasteiger partial charge in [0.2, 0.25) is 0 Å². The lowest BCUT2D eigenvalue weighted by Crippen LogP contribution is -2.27. The van der Waals surface area contributed by atoms with Crippen molar-refractivity contribution >= 4 is 15.6 Å². The third-order valence-corrected chi connectivity index (χ3v) is 5.34. The second kappa shape index (κ2) is 6.53. The van der Waals surface area contributed by atoms with Gasteiger partial charge >= 0.3 is 0 Å². The maximum atomic E-state index is 11.5. The molecule has 0 aliphatic heterocycles. The molecular weight excluding hydrogens is 236 g/mol. The molecule has 0 heterocycles. The lowest BCUT2D eigenvalue weighted by molar-refractivity contribution is -0.119. The van der Waals surface area contributed by atoms with E-state index < -0.39 is 9.84 Å². The fourth-order valence-corrected chi connectivity index (χ4v) is 3.88. The van der Waals surface area contributed by atoms with E-state index in [-0.39, 0.29) is 5.25 Å². The molecule has 0 amide bonds. The van der Waals surface area contributed by atoms with Crippen molar-refractivity contribution in [1.29, 1.82) is 0 Å². The zero-order valence-electron chi connectivity index (χ0n) is 10.9. The lowest BCUT2D eigenvalue weighted by atomic mass is 9.85. The third kappa shape index (κ3) is 5.19. The summed E-state index contributed by atoms with van der Waals surface area (Å²) in [4.78, 5) is 11.4. The zero-order valence-corrected chi connectivity index (χ0v) is 11.8. The van der Waals surface area contributed by atoms with Gasteiger partial charge in [0.1, 0.15) is 15.6 Å². The topological polar surface area (TPSA) is 51.2 Å². The average molecular weight is 260 g/mol. The monoisotopic (exact) mass is 260 g/mol. The van der Waals surface area contributed by atoms with Crippen LogP contribution in [-0.2, 0) is 14.6 Å². The summed E-state index contributed by atoms with van der Waals surface area (Å²) in [6, 6.07) is 0. The smallest absolute Gasteiger partial charge is 0.150 e. The molecule has 0 N–H and O–H groups in total. The molecule has 1 aliphatic rings. The fourth-order valence-electron chi connectivity index (χ4n) is 2.66.